The first-order chi connectivity index (χ1) is 15.5. The van der Waals surface area contributed by atoms with Gasteiger partial charge in [0.15, 0.2) is 0 Å². The first-order valence-corrected chi connectivity index (χ1v) is 9.94. The average Bonchev–Trinajstić information content (AvgIpc) is 2.82. The van der Waals surface area contributed by atoms with Gasteiger partial charge in [0, 0.05) is 30.4 Å². The molecule has 0 saturated carbocycles. The largest absolute Gasteiger partial charge is 0.497 e. The Morgan fingerprint density at radius 2 is 1.59 bits per heavy atom. The number of nitrogens with one attached hydrogen (secondary N) is 1. The van der Waals surface area contributed by atoms with Gasteiger partial charge in [0.1, 0.15) is 5.75 Å². The van der Waals surface area contributed by atoms with E-state index in [1.807, 2.05) is 42.5 Å². The molecule has 6 nitrogen and oxygen atoms in total. The van der Waals surface area contributed by atoms with Crippen LogP contribution in [0.15, 0.2) is 72.8 Å². The Bertz CT molecular complexity index is 1180. The van der Waals surface area contributed by atoms with Crippen LogP contribution in [-0.4, -0.2) is 38.2 Å². The third-order valence-electron chi connectivity index (χ3n) is 4.65. The van der Waals surface area contributed by atoms with E-state index in [0.717, 1.165) is 16.9 Å². The van der Waals surface area contributed by atoms with E-state index in [-0.39, 0.29) is 6.03 Å². The average molecular weight is 428 g/mol. The molecular weight excluding hydrogens is 404 g/mol. The smallest absolute Gasteiger partial charge is 0.337 e. The van der Waals surface area contributed by atoms with Crippen molar-refractivity contribution in [2.75, 3.05) is 26.6 Å². The van der Waals surface area contributed by atoms with Crippen LogP contribution in [0, 0.1) is 11.8 Å². The Labute approximate surface area is 187 Å². The monoisotopic (exact) mass is 428 g/mol. The lowest BCUT2D eigenvalue weighted by Gasteiger charge is -2.18. The first-order valence-electron chi connectivity index (χ1n) is 9.94. The number of anilines is 1. The number of hydrogen-bond acceptors (Lipinski definition) is 4. The summed E-state index contributed by atoms with van der Waals surface area (Å²) >= 11 is 0. The van der Waals surface area contributed by atoms with Gasteiger partial charge in [-0.1, -0.05) is 36.1 Å². The molecule has 32 heavy (non-hydrogen) atoms. The second-order valence-corrected chi connectivity index (χ2v) is 7.04. The van der Waals surface area contributed by atoms with Gasteiger partial charge >= 0.3 is 12.0 Å². The SMILES string of the molecule is COC(=O)c1cccc(C#Cc2cccc(NC(=O)N(C)Cc3cccc(OC)c3)c2)c1. The third kappa shape index (κ3) is 6.13. The maximum absolute atomic E-state index is 12.6. The standard InChI is InChI=1S/C26H24N2O4/c1-28(18-21-9-6-12-24(17-21)31-2)26(30)27-23-11-5-8-20(16-23)14-13-19-7-4-10-22(15-19)25(29)32-3/h4-12,15-17H,18H2,1-3H3,(H,27,30). The Morgan fingerprint density at radius 3 is 2.31 bits per heavy atom. The summed E-state index contributed by atoms with van der Waals surface area (Å²) in [5.41, 5.74) is 3.49. The predicted molar refractivity (Wildman–Crippen MR) is 124 cm³/mol. The van der Waals surface area contributed by atoms with Crippen LogP contribution in [-0.2, 0) is 11.3 Å². The summed E-state index contributed by atoms with van der Waals surface area (Å²) in [6, 6.07) is 21.6. The molecular formula is C26H24N2O4. The van der Waals surface area contributed by atoms with E-state index in [2.05, 4.69) is 17.2 Å². The van der Waals surface area contributed by atoms with Crippen LogP contribution >= 0.6 is 0 Å². The minimum atomic E-state index is -0.406. The fraction of sp³-hybridized carbons (Fsp3) is 0.154. The minimum absolute atomic E-state index is 0.233. The lowest BCUT2D eigenvalue weighted by Crippen LogP contribution is -2.30. The molecule has 0 radical (unpaired) electrons. The number of hydrogen-bond donors (Lipinski definition) is 1. The molecule has 0 unspecified atom stereocenters. The fourth-order valence-corrected chi connectivity index (χ4v) is 3.00. The molecule has 0 saturated heterocycles. The van der Waals surface area contributed by atoms with Crippen molar-refractivity contribution >= 4 is 17.7 Å². The normalized spacial score (nSPS) is 9.84. The van der Waals surface area contributed by atoms with Gasteiger partial charge in [-0.15, -0.1) is 0 Å². The number of esters is 1. The summed E-state index contributed by atoms with van der Waals surface area (Å²) in [4.78, 5) is 25.9. The zero-order valence-electron chi connectivity index (χ0n) is 18.2. The van der Waals surface area contributed by atoms with Crippen LogP contribution < -0.4 is 10.1 Å². The van der Waals surface area contributed by atoms with Gasteiger partial charge < -0.3 is 19.7 Å². The molecule has 0 aromatic heterocycles. The van der Waals surface area contributed by atoms with E-state index in [1.165, 1.54) is 7.11 Å². The molecule has 0 fully saturated rings. The zero-order valence-corrected chi connectivity index (χ0v) is 18.2. The Balaban J connectivity index is 1.67. The number of carbonyl (C=O) groups excluding carboxylic acids is 2. The number of ether oxygens (including phenoxy) is 2. The van der Waals surface area contributed by atoms with Crippen LogP contribution in [0.5, 0.6) is 5.75 Å². The number of carbonyl (C=O) groups is 2. The lowest BCUT2D eigenvalue weighted by molar-refractivity contribution is 0.0600. The Kier molecular flexibility index (Phi) is 7.50. The van der Waals surface area contributed by atoms with Crippen LogP contribution in [0.1, 0.15) is 27.0 Å². The van der Waals surface area contributed by atoms with Gasteiger partial charge in [-0.25, -0.2) is 9.59 Å². The Hall–Kier alpha value is -4.24. The maximum Gasteiger partial charge on any atom is 0.337 e. The van der Waals surface area contributed by atoms with E-state index in [1.54, 1.807) is 49.4 Å². The minimum Gasteiger partial charge on any atom is -0.497 e. The van der Waals surface area contributed by atoms with Gasteiger partial charge in [0.25, 0.3) is 0 Å². The molecule has 3 rings (SSSR count). The van der Waals surface area contributed by atoms with E-state index < -0.39 is 5.97 Å². The predicted octanol–water partition coefficient (Wildman–Crippen LogP) is 4.55. The summed E-state index contributed by atoms with van der Waals surface area (Å²) in [6.07, 6.45) is 0. The van der Waals surface area contributed by atoms with Crippen molar-refractivity contribution in [2.24, 2.45) is 0 Å². The van der Waals surface area contributed by atoms with Gasteiger partial charge in [-0.3, -0.25) is 0 Å². The summed E-state index contributed by atoms with van der Waals surface area (Å²) in [5, 5.41) is 2.89. The van der Waals surface area contributed by atoms with E-state index >= 15 is 0 Å². The van der Waals surface area contributed by atoms with Crippen LogP contribution in [0.3, 0.4) is 0 Å². The third-order valence-corrected chi connectivity index (χ3v) is 4.65. The number of methoxy groups -OCH3 is 2. The van der Waals surface area contributed by atoms with Crippen molar-refractivity contribution in [3.8, 4) is 17.6 Å². The molecule has 0 aliphatic heterocycles. The molecule has 0 atom stereocenters. The second kappa shape index (κ2) is 10.7. The van der Waals surface area contributed by atoms with E-state index in [0.29, 0.717) is 23.4 Å². The first kappa shape index (κ1) is 22.4. The van der Waals surface area contributed by atoms with Crippen molar-refractivity contribution in [2.45, 2.75) is 6.54 Å². The summed E-state index contributed by atoms with van der Waals surface area (Å²) < 4.78 is 9.97. The van der Waals surface area contributed by atoms with Crippen LogP contribution in [0.2, 0.25) is 0 Å². The highest BCUT2D eigenvalue weighted by Gasteiger charge is 2.10. The highest BCUT2D eigenvalue weighted by molar-refractivity contribution is 5.90. The molecule has 1 N–H and O–H groups in total. The summed E-state index contributed by atoms with van der Waals surface area (Å²) in [7, 11) is 4.68. The summed E-state index contributed by atoms with van der Waals surface area (Å²) in [6.45, 7) is 0.444. The molecule has 0 spiro atoms. The topological polar surface area (TPSA) is 67.9 Å². The molecule has 0 bridgehead atoms. The number of urea groups is 1. The van der Waals surface area contributed by atoms with Crippen molar-refractivity contribution < 1.29 is 19.1 Å². The van der Waals surface area contributed by atoms with E-state index in [4.69, 9.17) is 9.47 Å². The highest BCUT2D eigenvalue weighted by atomic mass is 16.5. The van der Waals surface area contributed by atoms with Crippen LogP contribution in [0.25, 0.3) is 0 Å². The quantitative estimate of drug-likeness (QED) is 0.478. The van der Waals surface area contributed by atoms with Crippen molar-refractivity contribution in [3.05, 3.63) is 95.1 Å². The van der Waals surface area contributed by atoms with Gasteiger partial charge in [0.2, 0.25) is 0 Å². The molecule has 0 aliphatic carbocycles. The van der Waals surface area contributed by atoms with Gasteiger partial charge in [-0.05, 0) is 54.1 Å². The van der Waals surface area contributed by atoms with Crippen molar-refractivity contribution in [1.82, 2.24) is 4.90 Å². The Morgan fingerprint density at radius 1 is 0.906 bits per heavy atom. The molecule has 3 aromatic rings. The molecule has 2 amide bonds. The van der Waals surface area contributed by atoms with Crippen LogP contribution in [0.4, 0.5) is 10.5 Å². The fourth-order valence-electron chi connectivity index (χ4n) is 3.00. The molecule has 3 aromatic carbocycles. The molecule has 162 valence electrons. The second-order valence-electron chi connectivity index (χ2n) is 7.04. The number of benzene rings is 3. The number of amides is 2. The summed E-state index contributed by atoms with van der Waals surface area (Å²) in [5.74, 6) is 6.44. The van der Waals surface area contributed by atoms with E-state index in [9.17, 15) is 9.59 Å². The van der Waals surface area contributed by atoms with Gasteiger partial charge in [-0.2, -0.15) is 0 Å². The van der Waals surface area contributed by atoms with Crippen molar-refractivity contribution in [3.63, 3.8) is 0 Å². The van der Waals surface area contributed by atoms with Gasteiger partial charge in [0.05, 0.1) is 19.8 Å². The zero-order chi connectivity index (χ0) is 22.9. The number of rotatable bonds is 5. The maximum atomic E-state index is 12.6. The molecule has 0 aliphatic rings. The highest BCUT2D eigenvalue weighted by Crippen LogP contribution is 2.15. The molecule has 6 heteroatoms. The lowest BCUT2D eigenvalue weighted by atomic mass is 10.1. The van der Waals surface area contributed by atoms with Crippen molar-refractivity contribution in [1.29, 1.82) is 0 Å². The number of nitrogens with zero attached hydrogens (tertiary/aromatic N) is 1. The molecule has 0 heterocycles.